The molecule has 0 saturated heterocycles. The van der Waals surface area contributed by atoms with E-state index in [1.165, 1.54) is 0 Å². The largest absolute Gasteiger partial charge is 0.220 e. The van der Waals surface area contributed by atoms with Crippen LogP contribution in [-0.4, -0.2) is 10.3 Å². The van der Waals surface area contributed by atoms with E-state index >= 15 is 0 Å². The summed E-state index contributed by atoms with van der Waals surface area (Å²) in [6.45, 7) is 4.24. The monoisotopic (exact) mass is 126 g/mol. The van der Waals surface area contributed by atoms with Gasteiger partial charge in [0.2, 0.25) is 5.69 Å². The lowest BCUT2D eigenvalue weighted by molar-refractivity contribution is -0.730. The van der Waals surface area contributed by atoms with Crippen LogP contribution in [0.2, 0.25) is 0 Å². The SMILES string of the molecule is CC(C)c1c[n+](C)[nH]n1. The molecule has 3 nitrogen and oxygen atoms in total. The van der Waals surface area contributed by atoms with E-state index in [-0.39, 0.29) is 0 Å². The molecule has 0 aliphatic rings. The van der Waals surface area contributed by atoms with Crippen molar-refractivity contribution in [1.29, 1.82) is 0 Å². The summed E-state index contributed by atoms with van der Waals surface area (Å²) in [7, 11) is 1.93. The first kappa shape index (κ1) is 6.26. The van der Waals surface area contributed by atoms with Gasteiger partial charge in [-0.1, -0.05) is 19.1 Å². The van der Waals surface area contributed by atoms with Crippen LogP contribution in [0.1, 0.15) is 25.5 Å². The van der Waals surface area contributed by atoms with E-state index in [9.17, 15) is 0 Å². The van der Waals surface area contributed by atoms with Gasteiger partial charge in [0, 0.05) is 11.0 Å². The normalized spacial score (nSPS) is 10.7. The van der Waals surface area contributed by atoms with Crippen molar-refractivity contribution >= 4 is 0 Å². The van der Waals surface area contributed by atoms with E-state index < -0.39 is 0 Å². The Hall–Kier alpha value is -0.860. The molecule has 0 spiro atoms. The molecule has 0 atom stereocenters. The molecule has 0 radical (unpaired) electrons. The van der Waals surface area contributed by atoms with Crippen LogP contribution in [0.4, 0.5) is 0 Å². The Kier molecular flexibility index (Phi) is 1.51. The van der Waals surface area contributed by atoms with Gasteiger partial charge < -0.3 is 0 Å². The molecule has 0 unspecified atom stereocenters. The van der Waals surface area contributed by atoms with Crippen LogP contribution >= 0.6 is 0 Å². The molecule has 0 aliphatic carbocycles. The Labute approximate surface area is 54.7 Å². The second-order valence-corrected chi connectivity index (χ2v) is 2.53. The van der Waals surface area contributed by atoms with Gasteiger partial charge in [0.25, 0.3) is 0 Å². The molecular weight excluding hydrogens is 114 g/mol. The molecule has 50 valence electrons. The molecule has 0 amide bonds. The van der Waals surface area contributed by atoms with Crippen molar-refractivity contribution in [2.24, 2.45) is 7.05 Å². The maximum absolute atomic E-state index is 4.05. The van der Waals surface area contributed by atoms with Crippen molar-refractivity contribution in [3.8, 4) is 0 Å². The lowest BCUT2D eigenvalue weighted by atomic mass is 10.2. The van der Waals surface area contributed by atoms with E-state index in [1.807, 2.05) is 17.9 Å². The first-order chi connectivity index (χ1) is 4.20. The number of aromatic amines is 1. The zero-order chi connectivity index (χ0) is 6.85. The number of hydrogen-bond acceptors (Lipinski definition) is 1. The average molecular weight is 126 g/mol. The zero-order valence-electron chi connectivity index (χ0n) is 6.05. The van der Waals surface area contributed by atoms with Gasteiger partial charge in [-0.05, 0) is 0 Å². The van der Waals surface area contributed by atoms with Crippen LogP contribution in [0, 0.1) is 0 Å². The lowest BCUT2D eigenvalue weighted by Crippen LogP contribution is -2.28. The molecule has 0 aromatic carbocycles. The van der Waals surface area contributed by atoms with E-state index in [0.717, 1.165) is 5.69 Å². The highest BCUT2D eigenvalue weighted by Crippen LogP contribution is 2.05. The first-order valence-electron chi connectivity index (χ1n) is 3.11. The molecule has 1 aromatic rings. The predicted molar refractivity (Wildman–Crippen MR) is 33.9 cm³/mol. The number of aromatic nitrogens is 3. The van der Waals surface area contributed by atoms with Gasteiger partial charge >= 0.3 is 0 Å². The molecule has 1 rings (SSSR count). The number of nitrogens with one attached hydrogen (secondary N) is 1. The summed E-state index contributed by atoms with van der Waals surface area (Å²) in [5.41, 5.74) is 1.11. The maximum atomic E-state index is 4.05. The Bertz CT molecular complexity index is 190. The molecule has 0 aliphatic heterocycles. The summed E-state index contributed by atoms with van der Waals surface area (Å²) < 4.78 is 1.84. The molecule has 1 N–H and O–H groups in total. The lowest BCUT2D eigenvalue weighted by Gasteiger charge is -1.86. The van der Waals surface area contributed by atoms with Crippen LogP contribution < -0.4 is 4.68 Å². The van der Waals surface area contributed by atoms with Crippen molar-refractivity contribution in [2.75, 3.05) is 0 Å². The van der Waals surface area contributed by atoms with Crippen molar-refractivity contribution in [1.82, 2.24) is 10.3 Å². The predicted octanol–water partition coefficient (Wildman–Crippen LogP) is 0.358. The molecular formula is C6H12N3+. The summed E-state index contributed by atoms with van der Waals surface area (Å²) in [4.78, 5) is 0. The second kappa shape index (κ2) is 2.17. The number of hydrogen-bond donors (Lipinski definition) is 1. The fraction of sp³-hybridized carbons (Fsp3) is 0.667. The van der Waals surface area contributed by atoms with E-state index in [2.05, 4.69) is 24.2 Å². The Balaban J connectivity index is 2.85. The molecule has 1 heterocycles. The highest BCUT2D eigenvalue weighted by atomic mass is 15.4. The van der Waals surface area contributed by atoms with Crippen LogP contribution in [0.3, 0.4) is 0 Å². The van der Waals surface area contributed by atoms with Gasteiger partial charge in [0.1, 0.15) is 7.05 Å². The third kappa shape index (κ3) is 1.28. The molecule has 3 heteroatoms. The zero-order valence-corrected chi connectivity index (χ0v) is 6.05. The minimum atomic E-state index is 0.516. The van der Waals surface area contributed by atoms with Crippen LogP contribution in [-0.2, 0) is 7.05 Å². The van der Waals surface area contributed by atoms with Gasteiger partial charge in [0.15, 0.2) is 6.20 Å². The highest BCUT2D eigenvalue weighted by Gasteiger charge is 2.09. The minimum Gasteiger partial charge on any atom is -0.166 e. The molecule has 1 aromatic heterocycles. The van der Waals surface area contributed by atoms with E-state index in [1.54, 1.807) is 0 Å². The summed E-state index contributed by atoms with van der Waals surface area (Å²) in [5.74, 6) is 0.516. The van der Waals surface area contributed by atoms with Gasteiger partial charge in [0.05, 0.1) is 0 Å². The highest BCUT2D eigenvalue weighted by molar-refractivity contribution is 4.93. The average Bonchev–Trinajstić information content (AvgIpc) is 2.14. The summed E-state index contributed by atoms with van der Waals surface area (Å²) >= 11 is 0. The maximum Gasteiger partial charge on any atom is 0.220 e. The van der Waals surface area contributed by atoms with Gasteiger partial charge in [-0.3, -0.25) is 0 Å². The third-order valence-electron chi connectivity index (χ3n) is 1.25. The fourth-order valence-corrected chi connectivity index (χ4v) is 0.671. The Morgan fingerprint density at radius 1 is 1.67 bits per heavy atom. The van der Waals surface area contributed by atoms with E-state index in [4.69, 9.17) is 0 Å². The molecule has 0 fully saturated rings. The van der Waals surface area contributed by atoms with Crippen molar-refractivity contribution < 1.29 is 4.68 Å². The van der Waals surface area contributed by atoms with Crippen molar-refractivity contribution in [2.45, 2.75) is 19.8 Å². The van der Waals surface area contributed by atoms with Crippen LogP contribution in [0.15, 0.2) is 6.20 Å². The number of aryl methyl sites for hydroxylation is 1. The first-order valence-corrected chi connectivity index (χ1v) is 3.11. The number of H-pyrrole nitrogens is 1. The van der Waals surface area contributed by atoms with Crippen LogP contribution in [0.25, 0.3) is 0 Å². The van der Waals surface area contributed by atoms with Crippen LogP contribution in [0.5, 0.6) is 0 Å². The molecule has 9 heavy (non-hydrogen) atoms. The fourth-order valence-electron chi connectivity index (χ4n) is 0.671. The van der Waals surface area contributed by atoms with E-state index in [0.29, 0.717) is 5.92 Å². The summed E-state index contributed by atoms with van der Waals surface area (Å²) in [6, 6.07) is 0. The Morgan fingerprint density at radius 2 is 2.33 bits per heavy atom. The van der Waals surface area contributed by atoms with Gasteiger partial charge in [-0.25, -0.2) is 0 Å². The second-order valence-electron chi connectivity index (χ2n) is 2.53. The minimum absolute atomic E-state index is 0.516. The summed E-state index contributed by atoms with van der Waals surface area (Å²) in [6.07, 6.45) is 1.99. The third-order valence-corrected chi connectivity index (χ3v) is 1.25. The molecule has 0 saturated carbocycles. The standard InChI is InChI=1S/C6H11N3/c1-5(2)6-4-9(3)8-7-6/h4-5H,1-3H3/p+1. The number of nitrogens with zero attached hydrogens (tertiary/aromatic N) is 2. The topological polar surface area (TPSA) is 32.6 Å². The number of rotatable bonds is 1. The quantitative estimate of drug-likeness (QED) is 0.541. The van der Waals surface area contributed by atoms with Gasteiger partial charge in [-0.15, -0.1) is 0 Å². The summed E-state index contributed by atoms with van der Waals surface area (Å²) in [5, 5.41) is 6.87. The van der Waals surface area contributed by atoms with Crippen molar-refractivity contribution in [3.05, 3.63) is 11.9 Å². The van der Waals surface area contributed by atoms with Gasteiger partial charge in [-0.2, -0.15) is 4.68 Å². The Morgan fingerprint density at radius 3 is 2.56 bits per heavy atom. The molecule has 0 bridgehead atoms. The smallest absolute Gasteiger partial charge is 0.166 e. The van der Waals surface area contributed by atoms with Crippen molar-refractivity contribution in [3.63, 3.8) is 0 Å².